The molecule has 0 aliphatic heterocycles. The Bertz CT molecular complexity index is 1080. The van der Waals surface area contributed by atoms with Crippen LogP contribution < -0.4 is 5.30 Å². The molecule has 2 saturated carbocycles. The lowest BCUT2D eigenvalue weighted by atomic mass is 9.99. The van der Waals surface area contributed by atoms with Gasteiger partial charge < -0.3 is 9.67 Å². The quantitative estimate of drug-likeness (QED) is 0.390. The highest BCUT2D eigenvalue weighted by Crippen LogP contribution is 2.62. The van der Waals surface area contributed by atoms with Gasteiger partial charge in [-0.05, 0) is 60.1 Å². The van der Waals surface area contributed by atoms with Crippen LogP contribution in [0.4, 0.5) is 0 Å². The van der Waals surface area contributed by atoms with Crippen molar-refractivity contribution in [3.05, 3.63) is 72.8 Å². The average molecular weight is 459 g/mol. The maximum atomic E-state index is 15.2. The number of phenolic OH excluding ortho intramolecular Hbond substituents is 1. The molecule has 3 aromatic carbocycles. The van der Waals surface area contributed by atoms with Crippen molar-refractivity contribution < 1.29 is 9.67 Å². The molecule has 0 aromatic heterocycles. The van der Waals surface area contributed by atoms with E-state index in [2.05, 4.69) is 48.5 Å². The lowest BCUT2D eigenvalue weighted by Gasteiger charge is -2.39. The van der Waals surface area contributed by atoms with Gasteiger partial charge in [0, 0.05) is 16.6 Å². The Kier molecular flexibility index (Phi) is 6.74. The van der Waals surface area contributed by atoms with Gasteiger partial charge in [-0.15, -0.1) is 0 Å². The lowest BCUT2D eigenvalue weighted by molar-refractivity contribution is 0.453. The highest BCUT2D eigenvalue weighted by Gasteiger charge is 2.43. The van der Waals surface area contributed by atoms with E-state index < -0.39 is 7.14 Å². The summed E-state index contributed by atoms with van der Waals surface area (Å²) in [4.78, 5) is 0. The minimum absolute atomic E-state index is 0.283. The molecule has 0 unspecified atom stereocenters. The van der Waals surface area contributed by atoms with Gasteiger partial charge in [0.05, 0.1) is 0 Å². The van der Waals surface area contributed by atoms with Crippen LogP contribution in [0.5, 0.6) is 5.75 Å². The molecule has 2 fully saturated rings. The summed E-state index contributed by atoms with van der Waals surface area (Å²) >= 11 is 0. The van der Waals surface area contributed by atoms with Crippen molar-refractivity contribution >= 4 is 12.4 Å². The van der Waals surface area contributed by atoms with Crippen LogP contribution in [0.2, 0.25) is 0 Å². The van der Waals surface area contributed by atoms with Crippen molar-refractivity contribution in [3.8, 4) is 28.0 Å². The minimum atomic E-state index is -2.53. The number of benzene rings is 3. The molecule has 2 aliphatic carbocycles. The third-order valence-corrected chi connectivity index (χ3v) is 12.3. The van der Waals surface area contributed by atoms with Gasteiger partial charge in [-0.1, -0.05) is 99.2 Å². The zero-order valence-electron chi connectivity index (χ0n) is 19.5. The Morgan fingerprint density at radius 1 is 0.576 bits per heavy atom. The molecule has 3 heteroatoms. The van der Waals surface area contributed by atoms with Gasteiger partial charge in [-0.2, -0.15) is 0 Å². The number of phenols is 1. The van der Waals surface area contributed by atoms with E-state index in [0.29, 0.717) is 11.3 Å². The Balaban J connectivity index is 1.55. The number of aromatic hydroxyl groups is 1. The molecule has 0 bridgehead atoms. The van der Waals surface area contributed by atoms with Crippen LogP contribution in [-0.4, -0.2) is 16.4 Å². The van der Waals surface area contributed by atoms with Gasteiger partial charge in [0.1, 0.15) is 12.9 Å². The lowest BCUT2D eigenvalue weighted by Crippen LogP contribution is -2.30. The van der Waals surface area contributed by atoms with Gasteiger partial charge in [0.15, 0.2) is 0 Å². The molecule has 0 spiro atoms. The van der Waals surface area contributed by atoms with Crippen molar-refractivity contribution in [1.29, 1.82) is 0 Å². The van der Waals surface area contributed by atoms with Gasteiger partial charge in [-0.25, -0.2) is 0 Å². The molecule has 0 saturated heterocycles. The summed E-state index contributed by atoms with van der Waals surface area (Å²) in [6, 6.07) is 24.5. The standard InChI is InChI=1S/C30H35O2P/c31-26-21-19-24(20-22-26)23-15-17-25(18-16-23)29-13-7-8-14-30(29)33(32,27-9-3-1-4-10-27)28-11-5-2-6-12-28/h7-8,13-22,27-28,31H,1-6,9-12H2. The molecular weight excluding hydrogens is 423 g/mol. The molecule has 5 rings (SSSR count). The molecule has 33 heavy (non-hydrogen) atoms. The van der Waals surface area contributed by atoms with Gasteiger partial charge >= 0.3 is 0 Å². The first-order chi connectivity index (χ1) is 16.2. The van der Waals surface area contributed by atoms with E-state index in [-0.39, 0.29) is 5.75 Å². The molecule has 2 nitrogen and oxygen atoms in total. The molecule has 1 N–H and O–H groups in total. The van der Waals surface area contributed by atoms with Crippen LogP contribution in [-0.2, 0) is 4.57 Å². The maximum Gasteiger partial charge on any atom is 0.122 e. The van der Waals surface area contributed by atoms with Crippen molar-refractivity contribution in [2.24, 2.45) is 0 Å². The molecule has 172 valence electrons. The summed E-state index contributed by atoms with van der Waals surface area (Å²) < 4.78 is 15.2. The zero-order chi connectivity index (χ0) is 22.7. The second kappa shape index (κ2) is 9.90. The first kappa shape index (κ1) is 22.5. The molecule has 2 aliphatic rings. The topological polar surface area (TPSA) is 37.3 Å². The third kappa shape index (κ3) is 4.56. The summed E-state index contributed by atoms with van der Waals surface area (Å²) in [5.41, 5.74) is 5.23. The Morgan fingerprint density at radius 2 is 1.03 bits per heavy atom. The summed E-state index contributed by atoms with van der Waals surface area (Å²) in [6.07, 6.45) is 12.0. The van der Waals surface area contributed by atoms with Crippen molar-refractivity contribution in [2.75, 3.05) is 0 Å². The van der Waals surface area contributed by atoms with Gasteiger partial charge in [0.2, 0.25) is 0 Å². The molecular formula is C30H35O2P. The van der Waals surface area contributed by atoms with Gasteiger partial charge in [0.25, 0.3) is 0 Å². The van der Waals surface area contributed by atoms with Crippen LogP contribution in [0.1, 0.15) is 64.2 Å². The Morgan fingerprint density at radius 3 is 1.58 bits per heavy atom. The van der Waals surface area contributed by atoms with Crippen molar-refractivity contribution in [2.45, 2.75) is 75.5 Å². The maximum absolute atomic E-state index is 15.2. The predicted molar refractivity (Wildman–Crippen MR) is 140 cm³/mol. The number of hydrogen-bond donors (Lipinski definition) is 1. The smallest absolute Gasteiger partial charge is 0.122 e. The van der Waals surface area contributed by atoms with E-state index in [0.717, 1.165) is 53.2 Å². The first-order valence-corrected chi connectivity index (χ1v) is 14.6. The van der Waals surface area contributed by atoms with E-state index in [1.54, 1.807) is 12.1 Å². The van der Waals surface area contributed by atoms with E-state index in [4.69, 9.17) is 0 Å². The molecule has 0 radical (unpaired) electrons. The first-order valence-electron chi connectivity index (χ1n) is 12.7. The van der Waals surface area contributed by atoms with E-state index in [1.165, 1.54) is 38.5 Å². The van der Waals surface area contributed by atoms with Crippen molar-refractivity contribution in [1.82, 2.24) is 0 Å². The van der Waals surface area contributed by atoms with Gasteiger partial charge in [-0.3, -0.25) is 0 Å². The average Bonchev–Trinajstić information content (AvgIpc) is 2.90. The number of hydrogen-bond acceptors (Lipinski definition) is 2. The normalized spacial score (nSPS) is 18.3. The Labute approximate surface area is 198 Å². The minimum Gasteiger partial charge on any atom is -0.508 e. The zero-order valence-corrected chi connectivity index (χ0v) is 20.4. The SMILES string of the molecule is O=P(c1ccccc1-c1ccc(-c2ccc(O)cc2)cc1)(C1CCCCC1)C1CCCCC1. The van der Waals surface area contributed by atoms with E-state index in [1.807, 2.05) is 12.1 Å². The molecule has 0 heterocycles. The third-order valence-electron chi connectivity index (χ3n) is 7.91. The molecule has 0 atom stereocenters. The fraction of sp³-hybridized carbons (Fsp3) is 0.400. The van der Waals surface area contributed by atoms with Crippen molar-refractivity contribution in [3.63, 3.8) is 0 Å². The van der Waals surface area contributed by atoms with Crippen LogP contribution >= 0.6 is 7.14 Å². The molecule has 0 amide bonds. The monoisotopic (exact) mass is 458 g/mol. The fourth-order valence-electron chi connectivity index (χ4n) is 6.14. The summed E-state index contributed by atoms with van der Waals surface area (Å²) in [5.74, 6) is 0.283. The van der Waals surface area contributed by atoms with E-state index >= 15 is 4.57 Å². The predicted octanol–water partition coefficient (Wildman–Crippen LogP) is 8.38. The number of rotatable bonds is 5. The Hall–Kier alpha value is -2.31. The van der Waals surface area contributed by atoms with E-state index in [9.17, 15) is 5.11 Å². The summed E-state index contributed by atoms with van der Waals surface area (Å²) in [5, 5.41) is 10.7. The summed E-state index contributed by atoms with van der Waals surface area (Å²) in [7, 11) is -2.53. The van der Waals surface area contributed by atoms with Crippen LogP contribution in [0.15, 0.2) is 72.8 Å². The second-order valence-electron chi connectivity index (χ2n) is 9.93. The van der Waals surface area contributed by atoms with Crippen LogP contribution in [0.25, 0.3) is 22.3 Å². The largest absolute Gasteiger partial charge is 0.508 e. The van der Waals surface area contributed by atoms with Crippen LogP contribution in [0.3, 0.4) is 0 Å². The highest BCUT2D eigenvalue weighted by molar-refractivity contribution is 7.73. The molecule has 3 aromatic rings. The second-order valence-corrected chi connectivity index (χ2v) is 13.3. The van der Waals surface area contributed by atoms with Crippen LogP contribution in [0, 0.1) is 0 Å². The summed E-state index contributed by atoms with van der Waals surface area (Å²) in [6.45, 7) is 0. The highest BCUT2D eigenvalue weighted by atomic mass is 31.2. The fourth-order valence-corrected chi connectivity index (χ4v) is 10.7.